The van der Waals surface area contributed by atoms with Crippen molar-refractivity contribution in [2.75, 3.05) is 20.3 Å². The third-order valence-electron chi connectivity index (χ3n) is 4.93. The summed E-state index contributed by atoms with van der Waals surface area (Å²) in [6.07, 6.45) is 3.88. The zero-order valence-electron chi connectivity index (χ0n) is 16.4. The van der Waals surface area contributed by atoms with Crippen molar-refractivity contribution in [1.29, 1.82) is 0 Å². The van der Waals surface area contributed by atoms with Gasteiger partial charge in [-0.25, -0.2) is 0 Å². The number of hydrogen-bond donors (Lipinski definition) is 0. The lowest BCUT2D eigenvalue weighted by molar-refractivity contribution is -0.123. The highest BCUT2D eigenvalue weighted by molar-refractivity contribution is 8.18. The zero-order valence-corrected chi connectivity index (χ0v) is 17.2. The fourth-order valence-corrected chi connectivity index (χ4v) is 4.40. The van der Waals surface area contributed by atoms with Gasteiger partial charge in [0.1, 0.15) is 0 Å². The standard InChI is InChI=1S/C23H22N2O3S/c1-16-6-5-7-17(12-16)14-24-15-18(19-8-3-4-9-20(19)24)13-21-22(26)25(10-11-28-2)23(27)29-21/h3-9,12-13,15H,10-11,14H2,1-2H3/b21-13+. The summed E-state index contributed by atoms with van der Waals surface area (Å²) in [5, 5.41) is 0.811. The first kappa shape index (κ1) is 19.5. The molecule has 3 aromatic rings. The molecule has 148 valence electrons. The topological polar surface area (TPSA) is 51.5 Å². The van der Waals surface area contributed by atoms with Gasteiger partial charge in [-0.1, -0.05) is 48.0 Å². The Balaban J connectivity index is 1.69. The van der Waals surface area contributed by atoms with Crippen molar-refractivity contribution in [2.24, 2.45) is 0 Å². The molecule has 0 unspecified atom stereocenters. The van der Waals surface area contributed by atoms with Gasteiger partial charge in [-0.2, -0.15) is 0 Å². The third-order valence-corrected chi connectivity index (χ3v) is 5.84. The van der Waals surface area contributed by atoms with E-state index in [0.29, 0.717) is 11.5 Å². The Morgan fingerprint density at radius 2 is 1.93 bits per heavy atom. The highest BCUT2D eigenvalue weighted by Crippen LogP contribution is 2.34. The van der Waals surface area contributed by atoms with E-state index in [9.17, 15) is 9.59 Å². The molecule has 1 aliphatic heterocycles. The predicted molar refractivity (Wildman–Crippen MR) is 117 cm³/mol. The minimum absolute atomic E-state index is 0.248. The monoisotopic (exact) mass is 406 g/mol. The number of para-hydroxylation sites is 1. The van der Waals surface area contributed by atoms with Crippen LogP contribution in [0.15, 0.2) is 59.6 Å². The third kappa shape index (κ3) is 3.99. The van der Waals surface area contributed by atoms with Gasteiger partial charge >= 0.3 is 0 Å². The van der Waals surface area contributed by atoms with Crippen LogP contribution in [-0.2, 0) is 16.1 Å². The Kier molecular flexibility index (Phi) is 5.56. The number of nitrogens with zero attached hydrogens (tertiary/aromatic N) is 2. The lowest BCUT2D eigenvalue weighted by Crippen LogP contribution is -2.31. The second-order valence-electron chi connectivity index (χ2n) is 7.04. The molecule has 1 fully saturated rings. The van der Waals surface area contributed by atoms with Gasteiger partial charge in [0.15, 0.2) is 0 Å². The van der Waals surface area contributed by atoms with Crippen LogP contribution in [-0.4, -0.2) is 40.9 Å². The SMILES string of the molecule is COCCN1C(=O)S/C(=C/c2cn(Cc3cccc(C)c3)c3ccccc23)C1=O. The summed E-state index contributed by atoms with van der Waals surface area (Å²) in [5.41, 5.74) is 4.48. The maximum Gasteiger partial charge on any atom is 0.293 e. The van der Waals surface area contributed by atoms with Crippen LogP contribution in [0.3, 0.4) is 0 Å². The number of hydrogen-bond acceptors (Lipinski definition) is 4. The maximum atomic E-state index is 12.7. The summed E-state index contributed by atoms with van der Waals surface area (Å²) in [4.78, 5) is 26.5. The van der Waals surface area contributed by atoms with E-state index in [1.54, 1.807) is 7.11 Å². The minimum Gasteiger partial charge on any atom is -0.383 e. The molecule has 29 heavy (non-hydrogen) atoms. The number of ether oxygens (including phenoxy) is 1. The van der Waals surface area contributed by atoms with Crippen LogP contribution in [0.2, 0.25) is 0 Å². The Bertz CT molecular complexity index is 1120. The lowest BCUT2D eigenvalue weighted by Gasteiger charge is -2.10. The number of fused-ring (bicyclic) bond motifs is 1. The van der Waals surface area contributed by atoms with Crippen LogP contribution in [0.5, 0.6) is 0 Å². The van der Waals surface area contributed by atoms with Crippen LogP contribution in [0.4, 0.5) is 4.79 Å². The highest BCUT2D eigenvalue weighted by Gasteiger charge is 2.34. The normalized spacial score (nSPS) is 15.8. The number of amides is 2. The van der Waals surface area contributed by atoms with Crippen molar-refractivity contribution < 1.29 is 14.3 Å². The van der Waals surface area contributed by atoms with Crippen LogP contribution in [0.25, 0.3) is 17.0 Å². The Morgan fingerprint density at radius 3 is 2.72 bits per heavy atom. The highest BCUT2D eigenvalue weighted by atomic mass is 32.2. The van der Waals surface area contributed by atoms with Gasteiger partial charge in [-0.3, -0.25) is 14.5 Å². The minimum atomic E-state index is -0.257. The number of carbonyl (C=O) groups is 2. The molecule has 2 heterocycles. The second kappa shape index (κ2) is 8.27. The Hall–Kier alpha value is -2.83. The number of methoxy groups -OCH3 is 1. The van der Waals surface area contributed by atoms with Crippen molar-refractivity contribution in [2.45, 2.75) is 13.5 Å². The molecule has 0 atom stereocenters. The maximum absolute atomic E-state index is 12.7. The van der Waals surface area contributed by atoms with Crippen molar-refractivity contribution in [3.63, 3.8) is 0 Å². The molecule has 0 aliphatic carbocycles. The van der Waals surface area contributed by atoms with Crippen LogP contribution < -0.4 is 0 Å². The van der Waals surface area contributed by atoms with Gasteiger partial charge in [0.25, 0.3) is 11.1 Å². The molecule has 4 rings (SSSR count). The number of imide groups is 1. The molecular weight excluding hydrogens is 384 g/mol. The molecule has 1 saturated heterocycles. The van der Waals surface area contributed by atoms with Gasteiger partial charge in [0, 0.05) is 36.3 Å². The summed E-state index contributed by atoms with van der Waals surface area (Å²) in [7, 11) is 1.55. The predicted octanol–water partition coefficient (Wildman–Crippen LogP) is 4.68. The first-order valence-corrected chi connectivity index (χ1v) is 10.3. The molecule has 0 radical (unpaired) electrons. The second-order valence-corrected chi connectivity index (χ2v) is 8.04. The summed E-state index contributed by atoms with van der Waals surface area (Å²) < 4.78 is 7.19. The number of aryl methyl sites for hydroxylation is 1. The van der Waals surface area contributed by atoms with E-state index < -0.39 is 0 Å². The molecule has 2 amide bonds. The molecule has 0 saturated carbocycles. The van der Waals surface area contributed by atoms with E-state index in [-0.39, 0.29) is 17.7 Å². The lowest BCUT2D eigenvalue weighted by atomic mass is 10.1. The molecule has 6 heteroatoms. The van der Waals surface area contributed by atoms with E-state index in [4.69, 9.17) is 4.74 Å². The fraction of sp³-hybridized carbons (Fsp3) is 0.217. The fourth-order valence-electron chi connectivity index (χ4n) is 3.54. The van der Waals surface area contributed by atoms with Gasteiger partial charge in [0.05, 0.1) is 18.1 Å². The molecule has 1 aliphatic rings. The average molecular weight is 407 g/mol. The number of thioether (sulfide) groups is 1. The zero-order chi connectivity index (χ0) is 20.4. The largest absolute Gasteiger partial charge is 0.383 e. The van der Waals surface area contributed by atoms with Crippen LogP contribution in [0.1, 0.15) is 16.7 Å². The summed E-state index contributed by atoms with van der Waals surface area (Å²) in [6, 6.07) is 16.6. The van der Waals surface area contributed by atoms with Crippen molar-refractivity contribution in [3.8, 4) is 0 Å². The molecule has 1 aromatic heterocycles. The summed E-state index contributed by atoms with van der Waals surface area (Å²) >= 11 is 0.985. The van der Waals surface area contributed by atoms with E-state index >= 15 is 0 Å². The first-order valence-electron chi connectivity index (χ1n) is 9.44. The Morgan fingerprint density at radius 1 is 1.10 bits per heavy atom. The number of aromatic nitrogens is 1. The molecular formula is C23H22N2O3S. The molecule has 0 N–H and O–H groups in total. The number of benzene rings is 2. The van der Waals surface area contributed by atoms with E-state index in [1.165, 1.54) is 16.0 Å². The Labute approximate surface area is 173 Å². The van der Waals surface area contributed by atoms with Crippen molar-refractivity contribution >= 4 is 39.9 Å². The first-order chi connectivity index (χ1) is 14.1. The summed E-state index contributed by atoms with van der Waals surface area (Å²) in [6.45, 7) is 3.43. The van der Waals surface area contributed by atoms with Gasteiger partial charge in [-0.15, -0.1) is 0 Å². The van der Waals surface area contributed by atoms with E-state index in [1.807, 2.05) is 24.3 Å². The van der Waals surface area contributed by atoms with E-state index in [0.717, 1.165) is 34.8 Å². The van der Waals surface area contributed by atoms with Gasteiger partial charge in [0.2, 0.25) is 0 Å². The molecule has 0 spiro atoms. The van der Waals surface area contributed by atoms with Gasteiger partial charge in [-0.05, 0) is 36.4 Å². The van der Waals surface area contributed by atoms with Crippen molar-refractivity contribution in [1.82, 2.24) is 9.47 Å². The average Bonchev–Trinajstić information content (AvgIpc) is 3.18. The quantitative estimate of drug-likeness (QED) is 0.558. The van der Waals surface area contributed by atoms with Gasteiger partial charge < -0.3 is 9.30 Å². The number of rotatable bonds is 6. The number of carbonyl (C=O) groups excluding carboxylic acids is 2. The molecule has 5 nitrogen and oxygen atoms in total. The van der Waals surface area contributed by atoms with Crippen LogP contribution in [0, 0.1) is 6.92 Å². The van der Waals surface area contributed by atoms with E-state index in [2.05, 4.69) is 48.0 Å². The summed E-state index contributed by atoms with van der Waals surface area (Å²) in [5.74, 6) is -0.257. The molecule has 0 bridgehead atoms. The van der Waals surface area contributed by atoms with Crippen LogP contribution >= 0.6 is 11.8 Å². The smallest absolute Gasteiger partial charge is 0.293 e. The molecule has 2 aromatic carbocycles. The van der Waals surface area contributed by atoms with Crippen molar-refractivity contribution in [3.05, 3.63) is 76.3 Å².